The maximum Gasteiger partial charge on any atom is 0.524 e. The van der Waals surface area contributed by atoms with Gasteiger partial charge in [0, 0.05) is 68.8 Å². The lowest BCUT2D eigenvalue weighted by Crippen LogP contribution is -2.62. The second-order valence-corrected chi connectivity index (χ2v) is 26.5. The molecule has 4 fully saturated rings. The van der Waals surface area contributed by atoms with E-state index in [0.717, 1.165) is 64.7 Å². The Hall–Kier alpha value is -6.16. The Kier molecular flexibility index (Phi) is 17.7. The molecule has 2 aliphatic carbocycles. The molecule has 4 amide bonds. The lowest BCUT2D eigenvalue weighted by molar-refractivity contribution is -0.155. The average molecular weight is 1180 g/mol. The first-order valence-electron chi connectivity index (χ1n) is 28.9. The number of phosphoric ester groups is 1. The summed E-state index contributed by atoms with van der Waals surface area (Å²) in [7, 11) is -0.427. The minimum Gasteiger partial charge on any atom is -0.593 e. The van der Waals surface area contributed by atoms with Gasteiger partial charge in [-0.2, -0.15) is 0 Å². The quantitative estimate of drug-likeness (QED) is 0.0331. The van der Waals surface area contributed by atoms with E-state index in [1.54, 1.807) is 42.9 Å². The lowest BCUT2D eigenvalue weighted by atomic mass is 9.84. The van der Waals surface area contributed by atoms with E-state index in [-0.39, 0.29) is 61.8 Å². The number of hydrazine groups is 1. The molecule has 20 nitrogen and oxygen atoms in total. The Labute approximate surface area is 488 Å². The minimum absolute atomic E-state index is 0.0295. The molecule has 0 radical (unpaired) electrons. The zero-order valence-electron chi connectivity index (χ0n) is 48.5. The third kappa shape index (κ3) is 13.1. The summed E-state index contributed by atoms with van der Waals surface area (Å²) in [5.41, 5.74) is 9.45. The third-order valence-corrected chi connectivity index (χ3v) is 19.1. The monoisotopic (exact) mass is 1180 g/mol. The SMILES string of the molecule is CCn1c(-c2cccnc2[C@H](C)OC)c2c3cc(ccc31)-c1cc(cc(OP(=O)(O)O)c1)C[C@H](NC(=O)[C@H](C1CCCC1)N(C)C(=O)CN(C)C(=O)[C@H]1[C@@H](C3CC3)N1[S@+]([O-])c1ccc(C)cc1)C(=O)N1CCC[C@H](N1)C(=O)OCC(C)(C)C2. The molecule has 2 saturated heterocycles. The van der Waals surface area contributed by atoms with Crippen molar-refractivity contribution in [2.75, 3.05) is 40.9 Å². The highest BCUT2D eigenvalue weighted by atomic mass is 32.2. The van der Waals surface area contributed by atoms with Crippen LogP contribution in [0.3, 0.4) is 0 Å². The van der Waals surface area contributed by atoms with Crippen LogP contribution < -0.4 is 15.3 Å². The number of aryl methyl sites for hydroxylation is 2. The molecule has 2 aromatic heterocycles. The van der Waals surface area contributed by atoms with Gasteiger partial charge in [-0.25, -0.2) is 9.99 Å². The number of ether oxygens (including phenoxy) is 2. The smallest absolute Gasteiger partial charge is 0.524 e. The Morgan fingerprint density at radius 2 is 1.72 bits per heavy atom. The van der Waals surface area contributed by atoms with E-state index in [9.17, 15) is 33.3 Å². The van der Waals surface area contributed by atoms with Crippen molar-refractivity contribution in [3.63, 3.8) is 0 Å². The highest BCUT2D eigenvalue weighted by molar-refractivity contribution is 7.89. The summed E-state index contributed by atoms with van der Waals surface area (Å²) in [5.74, 6) is -2.83. The van der Waals surface area contributed by atoms with Crippen LogP contribution >= 0.6 is 7.82 Å². The van der Waals surface area contributed by atoms with Gasteiger partial charge in [-0.05, 0) is 148 Å². The number of methoxy groups -OCH3 is 1. The number of benzene rings is 3. The summed E-state index contributed by atoms with van der Waals surface area (Å²) in [6.07, 6.45) is 7.12. The van der Waals surface area contributed by atoms with E-state index in [2.05, 4.69) is 22.2 Å². The van der Waals surface area contributed by atoms with Gasteiger partial charge in [0.15, 0.2) is 10.9 Å². The molecule has 3 aliphatic heterocycles. The molecule has 5 aliphatic rings. The van der Waals surface area contributed by atoms with Gasteiger partial charge in [0.2, 0.25) is 17.7 Å². The number of pyridine rings is 1. The normalized spacial score (nSPS) is 23.2. The molecule has 6 bridgehead atoms. The van der Waals surface area contributed by atoms with Gasteiger partial charge in [0.1, 0.15) is 23.9 Å². The van der Waals surface area contributed by atoms with Crippen LogP contribution in [-0.2, 0) is 68.8 Å². The van der Waals surface area contributed by atoms with Crippen LogP contribution in [0.2, 0.25) is 0 Å². The first kappa shape index (κ1) is 60.0. The zero-order valence-corrected chi connectivity index (χ0v) is 50.3. The first-order chi connectivity index (χ1) is 39.5. The molecule has 3 aromatic carbocycles. The van der Waals surface area contributed by atoms with Crippen molar-refractivity contribution in [3.8, 4) is 28.1 Å². The van der Waals surface area contributed by atoms with Gasteiger partial charge in [-0.1, -0.05) is 56.5 Å². The Bertz CT molecular complexity index is 3320. The number of rotatable bonds is 16. The fourth-order valence-corrected chi connectivity index (χ4v) is 14.5. The van der Waals surface area contributed by atoms with Crippen LogP contribution in [0, 0.1) is 24.2 Å². The average Bonchev–Trinajstić information content (AvgIpc) is 2.26. The summed E-state index contributed by atoms with van der Waals surface area (Å²) < 4.78 is 47.7. The fourth-order valence-electron chi connectivity index (χ4n) is 12.6. The Morgan fingerprint density at radius 1 is 0.988 bits per heavy atom. The number of amides is 4. The second-order valence-electron chi connectivity index (χ2n) is 24.0. The topological polar surface area (TPSA) is 248 Å². The van der Waals surface area contributed by atoms with E-state index >= 15 is 9.59 Å². The second kappa shape index (κ2) is 24.4. The van der Waals surface area contributed by atoms with Crippen LogP contribution in [0.5, 0.6) is 5.75 Å². The molecule has 444 valence electrons. The van der Waals surface area contributed by atoms with Crippen molar-refractivity contribution in [3.05, 3.63) is 101 Å². The molecule has 8 atom stereocenters. The molecular weight excluding hydrogens is 1100 g/mol. The minimum atomic E-state index is -5.14. The maximum atomic E-state index is 15.2. The molecule has 4 N–H and O–H groups in total. The number of cyclic esters (lactones) is 1. The van der Waals surface area contributed by atoms with Gasteiger partial charge in [-0.15, -0.1) is 4.31 Å². The van der Waals surface area contributed by atoms with Crippen LogP contribution in [0.4, 0.5) is 0 Å². The van der Waals surface area contributed by atoms with Crippen molar-refractivity contribution in [1.82, 2.24) is 39.4 Å². The molecule has 5 aromatic rings. The van der Waals surface area contributed by atoms with Crippen LogP contribution in [0.25, 0.3) is 33.3 Å². The van der Waals surface area contributed by atoms with E-state index in [4.69, 9.17) is 19.0 Å². The number of fused-ring (bicyclic) bond motifs is 6. The Morgan fingerprint density at radius 3 is 2.41 bits per heavy atom. The van der Waals surface area contributed by atoms with E-state index < -0.39 is 72.5 Å². The van der Waals surface area contributed by atoms with Gasteiger partial charge < -0.3 is 38.2 Å². The molecular formula is C61H77N8O12PS. The number of esters is 1. The van der Waals surface area contributed by atoms with E-state index in [1.165, 1.54) is 34.0 Å². The van der Waals surface area contributed by atoms with Crippen molar-refractivity contribution in [2.24, 2.45) is 17.3 Å². The zero-order chi connectivity index (χ0) is 59.2. The molecule has 2 saturated carbocycles. The Balaban J connectivity index is 0.999. The van der Waals surface area contributed by atoms with Crippen LogP contribution in [-0.4, -0.2) is 144 Å². The molecule has 10 rings (SSSR count). The lowest BCUT2D eigenvalue weighted by Gasteiger charge is -2.37. The number of carbonyl (C=O) groups excluding carboxylic acids is 5. The summed E-state index contributed by atoms with van der Waals surface area (Å²) in [5, 5.41) is 5.23. The summed E-state index contributed by atoms with van der Waals surface area (Å²) in [6.45, 7) is 10.4. The van der Waals surface area contributed by atoms with Gasteiger partial charge in [0.05, 0.1) is 48.0 Å². The summed E-state index contributed by atoms with van der Waals surface area (Å²) >= 11 is -1.58. The number of carbonyl (C=O) groups is 5. The standard InChI is InChI=1S/C61H77N8O12PS/c1-9-67-50-25-22-41-32-46(50)47(55(67)45-16-12-26-62-52(45)37(3)79-8)33-61(4,5)35-80-60(74)48-17-13-27-68(64-48)58(72)49(30-38-28-42(41)31-43(29-38)81-82(75,76)77)63-57(71)54(39-14-10-11-15-39)66(7)51(70)34-65(6)59(73)56-53(40-20-21-40)69(56)83(78)44-23-18-36(2)19-24-44/h12,16,18-19,22-26,28-29,31-32,37,39-40,48-49,53-54,56,64H,9-11,13-15,17,20-21,27,30,33-35H2,1-8H3,(H,63,71)(H2,75,76,77)/t37-,48-,49-,53+,54-,56+,69?,83+/m0/s1. The fraction of sp³-hybridized carbons (Fsp3) is 0.508. The van der Waals surface area contributed by atoms with Gasteiger partial charge >= 0.3 is 13.8 Å². The maximum absolute atomic E-state index is 15.2. The number of phosphoric acid groups is 1. The van der Waals surface area contributed by atoms with E-state index in [1.807, 2.05) is 70.2 Å². The van der Waals surface area contributed by atoms with Crippen molar-refractivity contribution < 1.29 is 56.9 Å². The number of nitrogens with zero attached hydrogens (tertiary/aromatic N) is 6. The van der Waals surface area contributed by atoms with Gasteiger partial charge in [-0.3, -0.25) is 43.8 Å². The summed E-state index contributed by atoms with van der Waals surface area (Å²) in [4.78, 5) is 102. The molecule has 5 heterocycles. The van der Waals surface area contributed by atoms with E-state index in [0.29, 0.717) is 60.2 Å². The number of likely N-dealkylation sites (N-methyl/N-ethyl adjacent to an activating group) is 2. The molecule has 1 unspecified atom stereocenters. The summed E-state index contributed by atoms with van der Waals surface area (Å²) in [6, 6.07) is 17.8. The largest absolute Gasteiger partial charge is 0.593 e. The van der Waals surface area contributed by atoms with Crippen LogP contribution in [0.15, 0.2) is 83.9 Å². The first-order valence-corrected chi connectivity index (χ1v) is 31.5. The predicted octanol–water partition coefficient (Wildman–Crippen LogP) is 7.19. The number of aromatic nitrogens is 2. The molecule has 0 spiro atoms. The van der Waals surface area contributed by atoms with Crippen molar-refractivity contribution in [1.29, 1.82) is 0 Å². The molecule has 22 heteroatoms. The third-order valence-electron chi connectivity index (χ3n) is 17.1. The number of hydrogen-bond acceptors (Lipinski definition) is 13. The number of hydrogen-bond donors (Lipinski definition) is 4. The van der Waals surface area contributed by atoms with Gasteiger partial charge in [0.25, 0.3) is 5.91 Å². The highest BCUT2D eigenvalue weighted by Crippen LogP contribution is 2.50. The predicted molar refractivity (Wildman–Crippen MR) is 312 cm³/mol. The van der Waals surface area contributed by atoms with Crippen LogP contribution in [0.1, 0.15) is 108 Å². The number of nitrogens with one attached hydrogen (secondary N) is 2. The molecule has 83 heavy (non-hydrogen) atoms. The highest BCUT2D eigenvalue weighted by Gasteiger charge is 2.66. The van der Waals surface area contributed by atoms with Crippen molar-refractivity contribution in [2.45, 2.75) is 147 Å². The van der Waals surface area contributed by atoms with Crippen molar-refractivity contribution >= 4 is 59.7 Å².